The number of carboxylic acid groups (broad SMARTS) is 1. The van der Waals surface area contributed by atoms with E-state index in [4.69, 9.17) is 9.84 Å². The lowest BCUT2D eigenvalue weighted by atomic mass is 10.3. The summed E-state index contributed by atoms with van der Waals surface area (Å²) in [5.41, 5.74) is 1.82. The topological polar surface area (TPSA) is 72.3 Å². The minimum Gasteiger partial charge on any atom is -0.480 e. The molecule has 2 aromatic rings. The van der Waals surface area contributed by atoms with Crippen LogP contribution in [0.15, 0.2) is 24.5 Å². The molecule has 0 aliphatic rings. The van der Waals surface area contributed by atoms with Gasteiger partial charge in [0.15, 0.2) is 0 Å². The van der Waals surface area contributed by atoms with Gasteiger partial charge in [0.05, 0.1) is 17.2 Å². The number of rotatable bonds is 5. The summed E-state index contributed by atoms with van der Waals surface area (Å²) in [6.45, 7) is 1.87. The van der Waals surface area contributed by atoms with Crippen molar-refractivity contribution in [1.29, 1.82) is 0 Å². The van der Waals surface area contributed by atoms with Gasteiger partial charge in [0, 0.05) is 18.0 Å². The van der Waals surface area contributed by atoms with E-state index in [1.807, 2.05) is 19.1 Å². The highest BCUT2D eigenvalue weighted by molar-refractivity contribution is 7.15. The van der Waals surface area contributed by atoms with Crippen LogP contribution < -0.4 is 0 Å². The van der Waals surface area contributed by atoms with Gasteiger partial charge in [-0.1, -0.05) is 0 Å². The standard InChI is InChI=1S/C12H12N2O3S/c1-8-10(6-17-7-11(15)16)18-12(14-8)9-3-2-4-13-5-9/h2-5H,6-7H2,1H3,(H,15,16). The lowest BCUT2D eigenvalue weighted by molar-refractivity contribution is -0.142. The van der Waals surface area contributed by atoms with Gasteiger partial charge < -0.3 is 9.84 Å². The zero-order valence-corrected chi connectivity index (χ0v) is 10.6. The lowest BCUT2D eigenvalue weighted by Gasteiger charge is -1.98. The molecule has 2 heterocycles. The normalized spacial score (nSPS) is 10.5. The summed E-state index contributed by atoms with van der Waals surface area (Å²) in [6.07, 6.45) is 3.46. The molecule has 0 saturated carbocycles. The molecule has 5 nitrogen and oxygen atoms in total. The molecule has 18 heavy (non-hydrogen) atoms. The third-order valence-corrected chi connectivity index (χ3v) is 3.44. The van der Waals surface area contributed by atoms with Crippen LogP contribution in [0, 0.1) is 6.92 Å². The van der Waals surface area contributed by atoms with Gasteiger partial charge in [-0.3, -0.25) is 4.98 Å². The van der Waals surface area contributed by atoms with Crippen molar-refractivity contribution in [3.8, 4) is 10.6 Å². The number of carboxylic acids is 1. The second kappa shape index (κ2) is 5.70. The van der Waals surface area contributed by atoms with Crippen LogP contribution in [0.4, 0.5) is 0 Å². The number of aromatic nitrogens is 2. The largest absolute Gasteiger partial charge is 0.480 e. The molecule has 2 aromatic heterocycles. The molecule has 0 aromatic carbocycles. The van der Waals surface area contributed by atoms with Crippen LogP contribution in [0.1, 0.15) is 10.6 Å². The minimum atomic E-state index is -0.968. The van der Waals surface area contributed by atoms with Crippen LogP contribution in [0.3, 0.4) is 0 Å². The highest BCUT2D eigenvalue weighted by Crippen LogP contribution is 2.27. The number of carbonyl (C=O) groups is 1. The maximum Gasteiger partial charge on any atom is 0.329 e. The van der Waals surface area contributed by atoms with E-state index in [0.717, 1.165) is 21.1 Å². The molecule has 1 N–H and O–H groups in total. The van der Waals surface area contributed by atoms with E-state index < -0.39 is 5.97 Å². The Balaban J connectivity index is 2.10. The molecule has 94 valence electrons. The molecule has 0 amide bonds. The van der Waals surface area contributed by atoms with E-state index >= 15 is 0 Å². The number of ether oxygens (including phenoxy) is 1. The molecular weight excluding hydrogens is 252 g/mol. The fraction of sp³-hybridized carbons (Fsp3) is 0.250. The number of pyridine rings is 1. The van der Waals surface area contributed by atoms with Crippen molar-refractivity contribution in [3.63, 3.8) is 0 Å². The molecule has 0 radical (unpaired) electrons. The van der Waals surface area contributed by atoms with Crippen molar-refractivity contribution in [2.75, 3.05) is 6.61 Å². The third-order valence-electron chi connectivity index (χ3n) is 2.26. The molecule has 0 aliphatic heterocycles. The van der Waals surface area contributed by atoms with E-state index in [9.17, 15) is 4.79 Å². The summed E-state index contributed by atoms with van der Waals surface area (Å²) < 4.78 is 5.07. The van der Waals surface area contributed by atoms with Gasteiger partial charge in [-0.25, -0.2) is 9.78 Å². The first-order valence-corrected chi connectivity index (χ1v) is 6.14. The van der Waals surface area contributed by atoms with Crippen molar-refractivity contribution in [1.82, 2.24) is 9.97 Å². The maximum atomic E-state index is 10.4. The number of hydrogen-bond donors (Lipinski definition) is 1. The average molecular weight is 264 g/mol. The highest BCUT2D eigenvalue weighted by atomic mass is 32.1. The van der Waals surface area contributed by atoms with Crippen LogP contribution in [-0.2, 0) is 16.1 Å². The van der Waals surface area contributed by atoms with Crippen LogP contribution in [0.25, 0.3) is 10.6 Å². The van der Waals surface area contributed by atoms with Crippen LogP contribution >= 0.6 is 11.3 Å². The number of hydrogen-bond acceptors (Lipinski definition) is 5. The van der Waals surface area contributed by atoms with Gasteiger partial charge in [0.1, 0.15) is 11.6 Å². The Morgan fingerprint density at radius 3 is 3.06 bits per heavy atom. The number of aliphatic carboxylic acids is 1. The fourth-order valence-electron chi connectivity index (χ4n) is 1.41. The highest BCUT2D eigenvalue weighted by Gasteiger charge is 2.10. The van der Waals surface area contributed by atoms with E-state index in [-0.39, 0.29) is 13.2 Å². The first-order valence-electron chi connectivity index (χ1n) is 5.33. The minimum absolute atomic E-state index is 0.274. The predicted molar refractivity (Wildman–Crippen MR) is 67.4 cm³/mol. The van der Waals surface area contributed by atoms with Crippen molar-refractivity contribution in [2.24, 2.45) is 0 Å². The molecule has 0 atom stereocenters. The Morgan fingerprint density at radius 2 is 2.39 bits per heavy atom. The molecule has 0 unspecified atom stereocenters. The second-order valence-corrected chi connectivity index (χ2v) is 4.74. The van der Waals surface area contributed by atoms with Gasteiger partial charge in [0.25, 0.3) is 0 Å². The maximum absolute atomic E-state index is 10.4. The van der Waals surface area contributed by atoms with Gasteiger partial charge in [0.2, 0.25) is 0 Å². The zero-order chi connectivity index (χ0) is 13.0. The first kappa shape index (κ1) is 12.7. The van der Waals surface area contributed by atoms with E-state index in [2.05, 4.69) is 9.97 Å². The predicted octanol–water partition coefficient (Wildman–Crippen LogP) is 2.11. The number of thiazole rings is 1. The quantitative estimate of drug-likeness (QED) is 0.895. The third kappa shape index (κ3) is 3.12. The Bertz CT molecular complexity index is 540. The van der Waals surface area contributed by atoms with E-state index in [1.165, 1.54) is 11.3 Å². The smallest absolute Gasteiger partial charge is 0.329 e. The zero-order valence-electron chi connectivity index (χ0n) is 9.79. The fourth-order valence-corrected chi connectivity index (χ4v) is 2.40. The van der Waals surface area contributed by atoms with E-state index in [0.29, 0.717) is 0 Å². The Kier molecular flexibility index (Phi) is 4.01. The average Bonchev–Trinajstić information content (AvgIpc) is 2.72. The van der Waals surface area contributed by atoms with Crippen LogP contribution in [-0.4, -0.2) is 27.7 Å². The summed E-state index contributed by atoms with van der Waals surface area (Å²) >= 11 is 1.50. The SMILES string of the molecule is Cc1nc(-c2cccnc2)sc1COCC(=O)O. The van der Waals surface area contributed by atoms with Crippen molar-refractivity contribution in [2.45, 2.75) is 13.5 Å². The Labute approximate surface area is 108 Å². The summed E-state index contributed by atoms with van der Waals surface area (Å²) in [4.78, 5) is 19.8. The van der Waals surface area contributed by atoms with Gasteiger partial charge in [-0.15, -0.1) is 11.3 Å². The molecule has 0 spiro atoms. The van der Waals surface area contributed by atoms with Gasteiger partial charge >= 0.3 is 5.97 Å². The molecule has 0 fully saturated rings. The van der Waals surface area contributed by atoms with Gasteiger partial charge in [-0.2, -0.15) is 0 Å². The van der Waals surface area contributed by atoms with Gasteiger partial charge in [-0.05, 0) is 19.1 Å². The Morgan fingerprint density at radius 1 is 1.56 bits per heavy atom. The molecule has 0 aliphatic carbocycles. The molecule has 6 heteroatoms. The van der Waals surface area contributed by atoms with E-state index in [1.54, 1.807) is 12.4 Å². The van der Waals surface area contributed by atoms with Crippen LogP contribution in [0.5, 0.6) is 0 Å². The first-order chi connectivity index (χ1) is 8.66. The van der Waals surface area contributed by atoms with Crippen molar-refractivity contribution in [3.05, 3.63) is 35.1 Å². The lowest BCUT2D eigenvalue weighted by Crippen LogP contribution is -2.06. The van der Waals surface area contributed by atoms with Crippen molar-refractivity contribution >= 4 is 17.3 Å². The molecule has 2 rings (SSSR count). The molecule has 0 saturated heterocycles. The molecular formula is C12H12N2O3S. The summed E-state index contributed by atoms with van der Waals surface area (Å²) in [5.74, 6) is -0.968. The van der Waals surface area contributed by atoms with Crippen LogP contribution in [0.2, 0.25) is 0 Å². The summed E-state index contributed by atoms with van der Waals surface area (Å²) in [7, 11) is 0. The second-order valence-electron chi connectivity index (χ2n) is 3.66. The number of aryl methyl sites for hydroxylation is 1. The summed E-state index contributed by atoms with van der Waals surface area (Å²) in [5, 5.41) is 9.37. The number of nitrogens with zero attached hydrogens (tertiary/aromatic N) is 2. The van der Waals surface area contributed by atoms with Crippen molar-refractivity contribution < 1.29 is 14.6 Å². The Hall–Kier alpha value is -1.79. The monoisotopic (exact) mass is 264 g/mol. The summed E-state index contributed by atoms with van der Waals surface area (Å²) in [6, 6.07) is 3.79. The molecule has 0 bridgehead atoms.